The number of likely N-dealkylation sites (tertiary alicyclic amines) is 1. The molecule has 1 heterocycles. The first-order valence-electron chi connectivity index (χ1n) is 7.72. The maximum Gasteiger partial charge on any atom is 0.0623 e. The first-order valence-corrected chi connectivity index (χ1v) is 7.72. The Morgan fingerprint density at radius 3 is 2.53 bits per heavy atom. The quantitative estimate of drug-likeness (QED) is 0.691. The fourth-order valence-corrected chi connectivity index (χ4v) is 2.93. The molecule has 0 spiro atoms. The first-order chi connectivity index (χ1) is 8.99. The third-order valence-electron chi connectivity index (χ3n) is 4.18. The number of nitrogens with one attached hydrogen (secondary N) is 1. The largest absolute Gasteiger partial charge is 0.394 e. The van der Waals surface area contributed by atoms with Crippen molar-refractivity contribution in [1.82, 2.24) is 15.1 Å². The van der Waals surface area contributed by atoms with Crippen LogP contribution in [0.1, 0.15) is 33.1 Å². The van der Waals surface area contributed by atoms with Gasteiger partial charge in [0.05, 0.1) is 12.1 Å². The predicted molar refractivity (Wildman–Crippen MR) is 81.5 cm³/mol. The second kappa shape index (κ2) is 8.20. The highest BCUT2D eigenvalue weighted by atomic mass is 16.3. The number of piperidine rings is 1. The lowest BCUT2D eigenvalue weighted by Crippen LogP contribution is -2.54. The van der Waals surface area contributed by atoms with E-state index in [4.69, 9.17) is 0 Å². The Bertz CT molecular complexity index is 242. The maximum atomic E-state index is 9.61. The molecule has 0 saturated carbocycles. The van der Waals surface area contributed by atoms with E-state index in [1.165, 1.54) is 25.9 Å². The van der Waals surface area contributed by atoms with Crippen LogP contribution in [0, 0.1) is 5.92 Å². The van der Waals surface area contributed by atoms with Crippen molar-refractivity contribution in [3.63, 3.8) is 0 Å². The van der Waals surface area contributed by atoms with E-state index in [2.05, 4.69) is 43.1 Å². The summed E-state index contributed by atoms with van der Waals surface area (Å²) in [7, 11) is 4.39. The number of likely N-dealkylation sites (N-methyl/N-ethyl adjacent to an activating group) is 1. The van der Waals surface area contributed by atoms with Gasteiger partial charge in [-0.05, 0) is 65.8 Å². The SMILES string of the molecule is CCCNC(C)(CO)CN(C)CC1CCN(C)CC1. The van der Waals surface area contributed by atoms with Gasteiger partial charge in [0.2, 0.25) is 0 Å². The highest BCUT2D eigenvalue weighted by Gasteiger charge is 2.26. The van der Waals surface area contributed by atoms with Gasteiger partial charge < -0.3 is 20.2 Å². The molecule has 1 rings (SSSR count). The fraction of sp³-hybridized carbons (Fsp3) is 1.00. The van der Waals surface area contributed by atoms with E-state index in [-0.39, 0.29) is 12.1 Å². The second-order valence-corrected chi connectivity index (χ2v) is 6.59. The molecule has 114 valence electrons. The minimum Gasteiger partial charge on any atom is -0.394 e. The van der Waals surface area contributed by atoms with Gasteiger partial charge in [-0.15, -0.1) is 0 Å². The molecule has 4 nitrogen and oxygen atoms in total. The predicted octanol–water partition coefficient (Wildman–Crippen LogP) is 1.01. The lowest BCUT2D eigenvalue weighted by Gasteiger charge is -2.36. The van der Waals surface area contributed by atoms with Crippen LogP contribution < -0.4 is 5.32 Å². The summed E-state index contributed by atoms with van der Waals surface area (Å²) < 4.78 is 0. The van der Waals surface area contributed by atoms with Crippen LogP contribution in [0.25, 0.3) is 0 Å². The van der Waals surface area contributed by atoms with Gasteiger partial charge in [-0.3, -0.25) is 0 Å². The Labute approximate surface area is 119 Å². The third-order valence-corrected chi connectivity index (χ3v) is 4.18. The minimum absolute atomic E-state index is 0.170. The van der Waals surface area contributed by atoms with Crippen LogP contribution in [0.3, 0.4) is 0 Å². The zero-order valence-corrected chi connectivity index (χ0v) is 13.3. The summed E-state index contributed by atoms with van der Waals surface area (Å²) in [5.41, 5.74) is -0.170. The van der Waals surface area contributed by atoms with E-state index < -0.39 is 0 Å². The van der Waals surface area contributed by atoms with Crippen molar-refractivity contribution in [3.05, 3.63) is 0 Å². The van der Waals surface area contributed by atoms with E-state index in [9.17, 15) is 5.11 Å². The van der Waals surface area contributed by atoms with Gasteiger partial charge in [0.25, 0.3) is 0 Å². The number of aliphatic hydroxyl groups is 1. The monoisotopic (exact) mass is 271 g/mol. The normalized spacial score (nSPS) is 21.8. The number of hydrogen-bond donors (Lipinski definition) is 2. The molecule has 1 saturated heterocycles. The summed E-state index contributed by atoms with van der Waals surface area (Å²) in [6.07, 6.45) is 3.71. The summed E-state index contributed by atoms with van der Waals surface area (Å²) in [6.45, 7) is 9.96. The maximum absolute atomic E-state index is 9.61. The molecule has 1 aliphatic heterocycles. The topological polar surface area (TPSA) is 38.7 Å². The van der Waals surface area contributed by atoms with Crippen LogP contribution in [-0.2, 0) is 0 Å². The van der Waals surface area contributed by atoms with Crippen molar-refractivity contribution in [1.29, 1.82) is 0 Å². The summed E-state index contributed by atoms with van der Waals surface area (Å²) in [5, 5.41) is 13.1. The highest BCUT2D eigenvalue weighted by molar-refractivity contribution is 4.86. The summed E-state index contributed by atoms with van der Waals surface area (Å²) in [6, 6.07) is 0. The highest BCUT2D eigenvalue weighted by Crippen LogP contribution is 2.17. The molecule has 1 aliphatic rings. The van der Waals surface area contributed by atoms with Crippen molar-refractivity contribution < 1.29 is 5.11 Å². The van der Waals surface area contributed by atoms with Crippen molar-refractivity contribution >= 4 is 0 Å². The van der Waals surface area contributed by atoms with Crippen molar-refractivity contribution in [2.45, 2.75) is 38.6 Å². The Hall–Kier alpha value is -0.160. The number of rotatable bonds is 8. The van der Waals surface area contributed by atoms with Crippen LogP contribution in [0.15, 0.2) is 0 Å². The van der Waals surface area contributed by atoms with Crippen LogP contribution in [0.5, 0.6) is 0 Å². The van der Waals surface area contributed by atoms with E-state index in [0.717, 1.165) is 32.0 Å². The summed E-state index contributed by atoms with van der Waals surface area (Å²) >= 11 is 0. The van der Waals surface area contributed by atoms with Gasteiger partial charge in [0.1, 0.15) is 0 Å². The zero-order valence-electron chi connectivity index (χ0n) is 13.3. The van der Waals surface area contributed by atoms with Crippen LogP contribution in [-0.4, -0.2) is 73.9 Å². The van der Waals surface area contributed by atoms with Crippen LogP contribution in [0.4, 0.5) is 0 Å². The Morgan fingerprint density at radius 1 is 1.37 bits per heavy atom. The molecule has 1 fully saturated rings. The summed E-state index contributed by atoms with van der Waals surface area (Å²) in [5.74, 6) is 0.815. The molecular weight excluding hydrogens is 238 g/mol. The third kappa shape index (κ3) is 6.21. The van der Waals surface area contributed by atoms with Gasteiger partial charge >= 0.3 is 0 Å². The number of hydrogen-bond acceptors (Lipinski definition) is 4. The Morgan fingerprint density at radius 2 is 2.00 bits per heavy atom. The fourth-order valence-electron chi connectivity index (χ4n) is 2.93. The van der Waals surface area contributed by atoms with E-state index in [1.807, 2.05) is 0 Å². The average Bonchev–Trinajstić information content (AvgIpc) is 2.39. The van der Waals surface area contributed by atoms with E-state index in [0.29, 0.717) is 0 Å². The van der Waals surface area contributed by atoms with Crippen LogP contribution >= 0.6 is 0 Å². The molecule has 1 atom stereocenters. The van der Waals surface area contributed by atoms with Gasteiger partial charge in [0.15, 0.2) is 0 Å². The molecule has 0 aromatic carbocycles. The molecule has 1 unspecified atom stereocenters. The average molecular weight is 271 g/mol. The zero-order chi connectivity index (χ0) is 14.3. The molecule has 0 aromatic rings. The van der Waals surface area contributed by atoms with Gasteiger partial charge in [-0.25, -0.2) is 0 Å². The standard InChI is InChI=1S/C15H33N3O/c1-5-8-16-15(2,13-19)12-18(4)11-14-6-9-17(3)10-7-14/h14,16,19H,5-13H2,1-4H3. The molecule has 0 aromatic heterocycles. The van der Waals surface area contributed by atoms with Crippen LogP contribution in [0.2, 0.25) is 0 Å². The van der Waals surface area contributed by atoms with Crippen molar-refractivity contribution in [2.75, 3.05) is 53.4 Å². The smallest absolute Gasteiger partial charge is 0.0623 e. The lowest BCUT2D eigenvalue weighted by molar-refractivity contribution is 0.112. The summed E-state index contributed by atoms with van der Waals surface area (Å²) in [4.78, 5) is 4.80. The molecule has 0 amide bonds. The van der Waals surface area contributed by atoms with E-state index in [1.54, 1.807) is 0 Å². The van der Waals surface area contributed by atoms with E-state index >= 15 is 0 Å². The molecule has 19 heavy (non-hydrogen) atoms. The van der Waals surface area contributed by atoms with Crippen molar-refractivity contribution in [3.8, 4) is 0 Å². The lowest BCUT2D eigenvalue weighted by atomic mass is 9.95. The molecule has 0 radical (unpaired) electrons. The van der Waals surface area contributed by atoms with Crippen molar-refractivity contribution in [2.24, 2.45) is 5.92 Å². The molecule has 0 aliphatic carbocycles. The number of nitrogens with zero attached hydrogens (tertiary/aromatic N) is 2. The first kappa shape index (κ1) is 16.9. The minimum atomic E-state index is -0.170. The second-order valence-electron chi connectivity index (χ2n) is 6.59. The molecule has 2 N–H and O–H groups in total. The molecular formula is C15H33N3O. The van der Waals surface area contributed by atoms with Gasteiger partial charge in [-0.1, -0.05) is 6.92 Å². The molecule has 4 heteroatoms. The van der Waals surface area contributed by atoms with Gasteiger partial charge in [-0.2, -0.15) is 0 Å². The molecule has 0 bridgehead atoms. The Kier molecular flexibility index (Phi) is 7.29. The van der Waals surface area contributed by atoms with Gasteiger partial charge in [0, 0.05) is 13.1 Å². The Balaban J connectivity index is 2.33. The number of aliphatic hydroxyl groups excluding tert-OH is 1.